The third kappa shape index (κ3) is 5.42. The first-order valence-corrected chi connectivity index (χ1v) is 14.0. The Morgan fingerprint density at radius 2 is 1.89 bits per heavy atom. The summed E-state index contributed by atoms with van der Waals surface area (Å²) in [5.74, 6) is 0.784. The van der Waals surface area contributed by atoms with Crippen molar-refractivity contribution in [1.82, 2.24) is 4.90 Å². The number of unbranched alkanes of at least 4 members (excludes halogenated alkanes) is 1. The Bertz CT molecular complexity index is 918. The molecule has 3 aliphatic rings. The Morgan fingerprint density at radius 1 is 1.17 bits per heavy atom. The molecular weight excluding hydrogens is 456 g/mol. The SMILES string of the molecule is CCc1cc2c(cc1C(=O)N(C(C)C)C1CCCCC1)N(CCCCOC)C(=O)C1(CCOCC1)O2. The molecular formula is C29H44N2O5. The number of ether oxygens (including phenoxy) is 3. The van der Waals surface area contributed by atoms with Crippen LogP contribution in [0, 0.1) is 0 Å². The van der Waals surface area contributed by atoms with Crippen LogP contribution in [0.5, 0.6) is 5.75 Å². The number of methoxy groups -OCH3 is 1. The monoisotopic (exact) mass is 500 g/mol. The summed E-state index contributed by atoms with van der Waals surface area (Å²) in [7, 11) is 1.70. The van der Waals surface area contributed by atoms with Crippen LogP contribution in [0.2, 0.25) is 0 Å². The molecule has 7 heteroatoms. The van der Waals surface area contributed by atoms with Crippen molar-refractivity contribution in [2.45, 2.75) is 103 Å². The van der Waals surface area contributed by atoms with Gasteiger partial charge in [0, 0.05) is 50.8 Å². The fourth-order valence-electron chi connectivity index (χ4n) is 6.08. The van der Waals surface area contributed by atoms with Crippen molar-refractivity contribution < 1.29 is 23.8 Å². The molecule has 0 unspecified atom stereocenters. The minimum Gasteiger partial charge on any atom is -0.475 e. The van der Waals surface area contributed by atoms with Crippen LogP contribution in [0.3, 0.4) is 0 Å². The lowest BCUT2D eigenvalue weighted by Gasteiger charge is -2.45. The second-order valence-electron chi connectivity index (χ2n) is 10.8. The summed E-state index contributed by atoms with van der Waals surface area (Å²) in [5.41, 5.74) is 1.53. The van der Waals surface area contributed by atoms with E-state index in [0.29, 0.717) is 50.5 Å². The number of anilines is 1. The maximum absolute atomic E-state index is 14.1. The first-order valence-electron chi connectivity index (χ1n) is 14.0. The van der Waals surface area contributed by atoms with Gasteiger partial charge in [0.05, 0.1) is 18.9 Å². The average Bonchev–Trinajstić information content (AvgIpc) is 2.89. The van der Waals surface area contributed by atoms with Gasteiger partial charge in [-0.25, -0.2) is 0 Å². The first kappa shape index (κ1) is 26.9. The van der Waals surface area contributed by atoms with E-state index in [0.717, 1.165) is 43.4 Å². The van der Waals surface area contributed by atoms with Crippen LogP contribution in [0.1, 0.15) is 94.5 Å². The highest BCUT2D eigenvalue weighted by atomic mass is 16.5. The summed E-state index contributed by atoms with van der Waals surface area (Å²) in [6.45, 7) is 8.57. The van der Waals surface area contributed by atoms with E-state index in [1.807, 2.05) is 17.0 Å². The lowest BCUT2D eigenvalue weighted by atomic mass is 9.89. The van der Waals surface area contributed by atoms with E-state index < -0.39 is 5.60 Å². The molecule has 0 bridgehead atoms. The maximum atomic E-state index is 14.1. The molecule has 2 aliphatic heterocycles. The van der Waals surface area contributed by atoms with E-state index in [1.54, 1.807) is 7.11 Å². The van der Waals surface area contributed by atoms with E-state index >= 15 is 0 Å². The molecule has 4 rings (SSSR count). The summed E-state index contributed by atoms with van der Waals surface area (Å²) < 4.78 is 17.3. The lowest BCUT2D eigenvalue weighted by Crippen LogP contribution is -2.59. The molecule has 1 spiro atoms. The molecule has 1 aromatic carbocycles. The standard InChI is InChI=1S/C29H44N2O5/c1-5-22-19-26-25(20-24(22)27(32)31(21(2)3)23-11-7-6-8-12-23)30(15-9-10-16-34-4)28(33)29(36-26)13-17-35-18-14-29/h19-21,23H,5-18H2,1-4H3. The molecule has 1 saturated heterocycles. The Hall–Kier alpha value is -2.12. The van der Waals surface area contributed by atoms with Crippen LogP contribution in [0.25, 0.3) is 0 Å². The van der Waals surface area contributed by atoms with Crippen molar-refractivity contribution in [3.05, 3.63) is 23.3 Å². The number of fused-ring (bicyclic) bond motifs is 1. The van der Waals surface area contributed by atoms with Crippen molar-refractivity contribution in [2.75, 3.05) is 38.4 Å². The molecule has 2 heterocycles. The summed E-state index contributed by atoms with van der Waals surface area (Å²) in [6.07, 6.45) is 9.24. The topological polar surface area (TPSA) is 68.3 Å². The van der Waals surface area contributed by atoms with Gasteiger partial charge in [-0.1, -0.05) is 26.2 Å². The fraction of sp³-hybridized carbons (Fsp3) is 0.724. The normalized spacial score (nSPS) is 19.9. The van der Waals surface area contributed by atoms with Crippen LogP contribution < -0.4 is 9.64 Å². The van der Waals surface area contributed by atoms with Gasteiger partial charge in [-0.2, -0.15) is 0 Å². The molecule has 2 amide bonds. The number of carbonyl (C=O) groups is 2. The number of rotatable bonds is 9. The number of nitrogens with zero attached hydrogens (tertiary/aromatic N) is 2. The van der Waals surface area contributed by atoms with Gasteiger partial charge in [-0.3, -0.25) is 9.59 Å². The number of carbonyl (C=O) groups excluding carboxylic acids is 2. The Kier molecular flexibility index (Phi) is 8.94. The van der Waals surface area contributed by atoms with Gasteiger partial charge in [0.2, 0.25) is 0 Å². The molecule has 1 aromatic rings. The molecule has 0 N–H and O–H groups in total. The molecule has 7 nitrogen and oxygen atoms in total. The van der Waals surface area contributed by atoms with E-state index in [2.05, 4.69) is 25.7 Å². The highest BCUT2D eigenvalue weighted by Crippen LogP contribution is 2.44. The van der Waals surface area contributed by atoms with Crippen molar-refractivity contribution >= 4 is 17.5 Å². The zero-order chi connectivity index (χ0) is 25.7. The van der Waals surface area contributed by atoms with Crippen molar-refractivity contribution in [3.8, 4) is 5.75 Å². The van der Waals surface area contributed by atoms with E-state index in [-0.39, 0.29) is 23.9 Å². The average molecular weight is 501 g/mol. The smallest absolute Gasteiger partial charge is 0.271 e. The number of hydrogen-bond acceptors (Lipinski definition) is 5. The van der Waals surface area contributed by atoms with Gasteiger partial charge < -0.3 is 24.0 Å². The molecule has 0 radical (unpaired) electrons. The molecule has 200 valence electrons. The van der Waals surface area contributed by atoms with Gasteiger partial charge in [0.1, 0.15) is 5.75 Å². The molecule has 2 fully saturated rings. The predicted molar refractivity (Wildman–Crippen MR) is 141 cm³/mol. The Balaban J connectivity index is 1.72. The van der Waals surface area contributed by atoms with Crippen molar-refractivity contribution in [1.29, 1.82) is 0 Å². The van der Waals surface area contributed by atoms with E-state index in [4.69, 9.17) is 14.2 Å². The van der Waals surface area contributed by atoms with E-state index in [1.165, 1.54) is 19.3 Å². The maximum Gasteiger partial charge on any atom is 0.271 e. The van der Waals surface area contributed by atoms with Crippen LogP contribution in [0.15, 0.2) is 12.1 Å². The summed E-state index contributed by atoms with van der Waals surface area (Å²) in [4.78, 5) is 31.9. The number of hydrogen-bond donors (Lipinski definition) is 0. The molecule has 1 saturated carbocycles. The van der Waals surface area contributed by atoms with Gasteiger partial charge in [-0.05, 0) is 63.6 Å². The number of benzene rings is 1. The minimum absolute atomic E-state index is 0.00800. The van der Waals surface area contributed by atoms with Crippen LogP contribution in [-0.4, -0.2) is 67.9 Å². The third-order valence-corrected chi connectivity index (χ3v) is 8.07. The van der Waals surface area contributed by atoms with Gasteiger partial charge in [-0.15, -0.1) is 0 Å². The fourth-order valence-corrected chi connectivity index (χ4v) is 6.08. The van der Waals surface area contributed by atoms with Crippen LogP contribution in [0.4, 0.5) is 5.69 Å². The van der Waals surface area contributed by atoms with Gasteiger partial charge in [0.25, 0.3) is 11.8 Å². The third-order valence-electron chi connectivity index (χ3n) is 8.07. The second-order valence-corrected chi connectivity index (χ2v) is 10.8. The zero-order valence-electron chi connectivity index (χ0n) is 22.6. The van der Waals surface area contributed by atoms with Crippen LogP contribution in [-0.2, 0) is 20.7 Å². The largest absolute Gasteiger partial charge is 0.475 e. The number of amides is 2. The van der Waals surface area contributed by atoms with Crippen molar-refractivity contribution in [2.24, 2.45) is 0 Å². The summed E-state index contributed by atoms with van der Waals surface area (Å²) in [6, 6.07) is 4.36. The lowest BCUT2D eigenvalue weighted by molar-refractivity contribution is -0.144. The molecule has 36 heavy (non-hydrogen) atoms. The molecule has 1 aliphatic carbocycles. The minimum atomic E-state index is -0.880. The summed E-state index contributed by atoms with van der Waals surface area (Å²) >= 11 is 0. The predicted octanol–water partition coefficient (Wildman–Crippen LogP) is 5.13. The van der Waals surface area contributed by atoms with E-state index in [9.17, 15) is 9.59 Å². The quantitative estimate of drug-likeness (QED) is 0.440. The Labute approximate surface area is 216 Å². The molecule has 0 aromatic heterocycles. The molecule has 0 atom stereocenters. The highest BCUT2D eigenvalue weighted by Gasteiger charge is 2.49. The Morgan fingerprint density at radius 3 is 2.53 bits per heavy atom. The first-order chi connectivity index (χ1) is 17.4. The highest BCUT2D eigenvalue weighted by molar-refractivity contribution is 6.05. The van der Waals surface area contributed by atoms with Gasteiger partial charge >= 0.3 is 0 Å². The number of aryl methyl sites for hydroxylation is 1. The van der Waals surface area contributed by atoms with Gasteiger partial charge in [0.15, 0.2) is 5.60 Å². The second kappa shape index (κ2) is 12.0. The summed E-state index contributed by atoms with van der Waals surface area (Å²) in [5, 5.41) is 0. The van der Waals surface area contributed by atoms with Crippen molar-refractivity contribution in [3.63, 3.8) is 0 Å². The van der Waals surface area contributed by atoms with Crippen LogP contribution >= 0.6 is 0 Å². The zero-order valence-corrected chi connectivity index (χ0v) is 22.6.